The van der Waals surface area contributed by atoms with Gasteiger partial charge in [0, 0.05) is 38.4 Å². The van der Waals surface area contributed by atoms with Crippen molar-refractivity contribution in [1.29, 1.82) is 0 Å². The van der Waals surface area contributed by atoms with E-state index < -0.39 is 0 Å². The van der Waals surface area contributed by atoms with Crippen molar-refractivity contribution < 1.29 is 14.3 Å². The quantitative estimate of drug-likeness (QED) is 0.761. The van der Waals surface area contributed by atoms with E-state index in [0.29, 0.717) is 45.2 Å². The molecule has 2 fully saturated rings. The van der Waals surface area contributed by atoms with Crippen LogP contribution in [0.1, 0.15) is 31.2 Å². The highest BCUT2D eigenvalue weighted by molar-refractivity contribution is 5.78. The number of rotatable bonds is 5. The fourth-order valence-corrected chi connectivity index (χ4v) is 4.08. The maximum atomic E-state index is 12.6. The van der Waals surface area contributed by atoms with Crippen LogP contribution in [-0.4, -0.2) is 88.9 Å². The van der Waals surface area contributed by atoms with Gasteiger partial charge in [-0.2, -0.15) is 5.10 Å². The van der Waals surface area contributed by atoms with Gasteiger partial charge >= 0.3 is 6.09 Å². The second kappa shape index (κ2) is 9.41. The van der Waals surface area contributed by atoms with E-state index in [1.165, 1.54) is 5.69 Å². The Morgan fingerprint density at radius 2 is 1.71 bits per heavy atom. The molecule has 3 heterocycles. The molecule has 2 aliphatic heterocycles. The fraction of sp³-hybridized carbons (Fsp3) is 0.750. The molecule has 0 N–H and O–H groups in total. The highest BCUT2D eigenvalue weighted by Gasteiger charge is 2.27. The van der Waals surface area contributed by atoms with Crippen molar-refractivity contribution in [2.45, 2.75) is 40.2 Å². The lowest BCUT2D eigenvalue weighted by Gasteiger charge is -2.36. The molecular weight excluding hydrogens is 358 g/mol. The second-order valence-electron chi connectivity index (χ2n) is 7.90. The lowest BCUT2D eigenvalue weighted by molar-refractivity contribution is -0.134. The number of carbonyl (C=O) groups excluding carboxylic acids is 2. The topological polar surface area (TPSA) is 70.9 Å². The van der Waals surface area contributed by atoms with Crippen molar-refractivity contribution in [2.75, 3.05) is 52.4 Å². The van der Waals surface area contributed by atoms with Crippen molar-refractivity contribution in [3.8, 4) is 0 Å². The molecule has 1 aromatic rings. The molecular formula is C20H33N5O3. The summed E-state index contributed by atoms with van der Waals surface area (Å²) in [7, 11) is 0. The first-order chi connectivity index (χ1) is 13.5. The molecule has 8 heteroatoms. The molecule has 3 rings (SSSR count). The first-order valence-electron chi connectivity index (χ1n) is 10.4. The van der Waals surface area contributed by atoms with Crippen LogP contribution in [0.25, 0.3) is 0 Å². The number of carbonyl (C=O) groups is 2. The maximum Gasteiger partial charge on any atom is 0.409 e. The minimum absolute atomic E-state index is 0.167. The SMILES string of the molecule is CCOC(=O)N1CCN(C(=O)CN2CCC(Cn3nc(C)cc3C)CC2)CC1. The monoisotopic (exact) mass is 391 g/mol. The average molecular weight is 392 g/mol. The number of piperidine rings is 1. The molecule has 0 unspecified atom stereocenters. The first-order valence-corrected chi connectivity index (χ1v) is 10.4. The molecule has 0 aliphatic carbocycles. The van der Waals surface area contributed by atoms with Gasteiger partial charge in [-0.15, -0.1) is 0 Å². The summed E-state index contributed by atoms with van der Waals surface area (Å²) in [6, 6.07) is 2.12. The molecule has 28 heavy (non-hydrogen) atoms. The van der Waals surface area contributed by atoms with Crippen LogP contribution in [0.2, 0.25) is 0 Å². The molecule has 2 amide bonds. The molecule has 1 aromatic heterocycles. The zero-order valence-corrected chi connectivity index (χ0v) is 17.4. The predicted octanol–water partition coefficient (Wildman–Crippen LogP) is 1.51. The predicted molar refractivity (Wildman–Crippen MR) is 106 cm³/mol. The number of hydrogen-bond donors (Lipinski definition) is 0. The number of piperazine rings is 1. The van der Waals surface area contributed by atoms with Gasteiger partial charge in [0.25, 0.3) is 0 Å². The summed E-state index contributed by atoms with van der Waals surface area (Å²) in [5, 5.41) is 4.57. The van der Waals surface area contributed by atoms with Crippen LogP contribution in [-0.2, 0) is 16.1 Å². The molecule has 0 aromatic carbocycles. The van der Waals surface area contributed by atoms with Crippen molar-refractivity contribution in [3.63, 3.8) is 0 Å². The molecule has 2 saturated heterocycles. The lowest BCUT2D eigenvalue weighted by Crippen LogP contribution is -2.53. The summed E-state index contributed by atoms with van der Waals surface area (Å²) in [5.41, 5.74) is 2.29. The smallest absolute Gasteiger partial charge is 0.409 e. The number of hydrogen-bond acceptors (Lipinski definition) is 5. The average Bonchev–Trinajstić information content (AvgIpc) is 3.00. The van der Waals surface area contributed by atoms with Gasteiger partial charge in [0.15, 0.2) is 0 Å². The zero-order valence-electron chi connectivity index (χ0n) is 17.4. The summed E-state index contributed by atoms with van der Waals surface area (Å²) in [4.78, 5) is 30.2. The Morgan fingerprint density at radius 1 is 1.07 bits per heavy atom. The van der Waals surface area contributed by atoms with Crippen LogP contribution in [0.15, 0.2) is 6.07 Å². The zero-order chi connectivity index (χ0) is 20.1. The van der Waals surface area contributed by atoms with E-state index in [-0.39, 0.29) is 12.0 Å². The van der Waals surface area contributed by atoms with E-state index in [9.17, 15) is 9.59 Å². The Morgan fingerprint density at radius 3 is 2.29 bits per heavy atom. The fourth-order valence-electron chi connectivity index (χ4n) is 4.08. The van der Waals surface area contributed by atoms with Crippen molar-refractivity contribution in [3.05, 3.63) is 17.5 Å². The lowest BCUT2D eigenvalue weighted by atomic mass is 9.97. The third-order valence-corrected chi connectivity index (χ3v) is 5.76. The van der Waals surface area contributed by atoms with Gasteiger partial charge in [0.05, 0.1) is 18.8 Å². The highest BCUT2D eigenvalue weighted by Crippen LogP contribution is 2.20. The van der Waals surface area contributed by atoms with Crippen molar-refractivity contribution in [1.82, 2.24) is 24.5 Å². The van der Waals surface area contributed by atoms with Crippen LogP contribution in [0.4, 0.5) is 4.79 Å². The number of likely N-dealkylation sites (tertiary alicyclic amines) is 1. The van der Waals surface area contributed by atoms with E-state index in [4.69, 9.17) is 4.74 Å². The minimum Gasteiger partial charge on any atom is -0.450 e. The van der Waals surface area contributed by atoms with Crippen LogP contribution < -0.4 is 0 Å². The standard InChI is InChI=1S/C20H33N5O3/c1-4-28-20(27)24-11-9-23(10-12-24)19(26)15-22-7-5-18(6-8-22)14-25-17(3)13-16(2)21-25/h13,18H,4-12,14-15H2,1-3H3. The summed E-state index contributed by atoms with van der Waals surface area (Å²) < 4.78 is 7.14. The summed E-state index contributed by atoms with van der Waals surface area (Å²) in [6.07, 6.45) is 1.92. The van der Waals surface area contributed by atoms with Crippen molar-refractivity contribution in [2.24, 2.45) is 5.92 Å². The molecule has 0 bridgehead atoms. The summed E-state index contributed by atoms with van der Waals surface area (Å²) >= 11 is 0. The molecule has 0 saturated carbocycles. The largest absolute Gasteiger partial charge is 0.450 e. The first kappa shape index (κ1) is 20.6. The summed E-state index contributed by atoms with van der Waals surface area (Å²) in [5.74, 6) is 0.790. The van der Waals surface area contributed by atoms with E-state index in [2.05, 4.69) is 27.7 Å². The van der Waals surface area contributed by atoms with E-state index in [0.717, 1.165) is 38.2 Å². The van der Waals surface area contributed by atoms with E-state index in [1.807, 2.05) is 11.8 Å². The third-order valence-electron chi connectivity index (χ3n) is 5.76. The number of aromatic nitrogens is 2. The van der Waals surface area contributed by atoms with Crippen molar-refractivity contribution >= 4 is 12.0 Å². The molecule has 8 nitrogen and oxygen atoms in total. The maximum absolute atomic E-state index is 12.6. The Balaban J connectivity index is 1.38. The van der Waals surface area contributed by atoms with Gasteiger partial charge in [-0.3, -0.25) is 14.4 Å². The normalized spacial score (nSPS) is 19.1. The number of ether oxygens (including phenoxy) is 1. The Kier molecular flexibility index (Phi) is 6.93. The highest BCUT2D eigenvalue weighted by atomic mass is 16.6. The van der Waals surface area contributed by atoms with Crippen LogP contribution in [0, 0.1) is 19.8 Å². The molecule has 2 aliphatic rings. The Bertz CT molecular complexity index is 673. The second-order valence-corrected chi connectivity index (χ2v) is 7.90. The van der Waals surface area contributed by atoms with Crippen LogP contribution in [0.5, 0.6) is 0 Å². The van der Waals surface area contributed by atoms with Gasteiger partial charge < -0.3 is 14.5 Å². The summed E-state index contributed by atoms with van der Waals surface area (Å²) in [6.45, 7) is 12.0. The molecule has 0 atom stereocenters. The van der Waals surface area contributed by atoms with Gasteiger partial charge in [-0.25, -0.2) is 4.79 Å². The van der Waals surface area contributed by atoms with Gasteiger partial charge in [0.1, 0.15) is 0 Å². The molecule has 0 radical (unpaired) electrons. The molecule has 0 spiro atoms. The third kappa shape index (κ3) is 5.25. The Hall–Kier alpha value is -2.09. The van der Waals surface area contributed by atoms with E-state index >= 15 is 0 Å². The molecule has 156 valence electrons. The number of aryl methyl sites for hydroxylation is 2. The van der Waals surface area contributed by atoms with Gasteiger partial charge in [0.2, 0.25) is 5.91 Å². The van der Waals surface area contributed by atoms with Crippen LogP contribution in [0.3, 0.4) is 0 Å². The van der Waals surface area contributed by atoms with Crippen LogP contribution >= 0.6 is 0 Å². The minimum atomic E-state index is -0.278. The van der Waals surface area contributed by atoms with Gasteiger partial charge in [-0.1, -0.05) is 0 Å². The number of nitrogens with zero attached hydrogens (tertiary/aromatic N) is 5. The number of amides is 2. The Labute approximate surface area is 167 Å². The van der Waals surface area contributed by atoms with E-state index in [1.54, 1.807) is 11.8 Å². The van der Waals surface area contributed by atoms with Gasteiger partial charge in [-0.05, 0) is 58.7 Å².